The molecular weight excluding hydrogens is 432 g/mol. The minimum absolute atomic E-state index is 0.473. The highest BCUT2D eigenvalue weighted by molar-refractivity contribution is 5.60. The van der Waals surface area contributed by atoms with Crippen molar-refractivity contribution in [1.29, 1.82) is 0 Å². The van der Waals surface area contributed by atoms with Gasteiger partial charge in [-0.15, -0.1) is 0 Å². The van der Waals surface area contributed by atoms with Crippen LogP contribution in [0.5, 0.6) is 0 Å². The van der Waals surface area contributed by atoms with Crippen molar-refractivity contribution in [3.8, 4) is 11.3 Å². The van der Waals surface area contributed by atoms with E-state index >= 15 is 0 Å². The molecule has 0 spiro atoms. The largest absolute Gasteiger partial charge is 0.354 e. The summed E-state index contributed by atoms with van der Waals surface area (Å²) in [5.74, 6) is 0.0892. The molecule has 7 heteroatoms. The molecule has 0 aliphatic carbocycles. The van der Waals surface area contributed by atoms with Crippen molar-refractivity contribution in [2.45, 2.75) is 32.7 Å². The fourth-order valence-corrected chi connectivity index (χ4v) is 4.52. The summed E-state index contributed by atoms with van der Waals surface area (Å²) in [6.07, 6.45) is 4.77. The standard InChI is InChI=1S/C27H33F2N5/c1-2-34(19-22-6-4-10-30-17-22)18-21-5-3-7-23(13-21)26-9-12-32-27(33-26)31-11-8-20-14-24(28)16-25(29)15-20/h3,5,7,9,12-16,22,30H,2,4,6,8,10-11,17-19H2,1H3,(H,31,32,33)/t22-/m0/s1. The molecule has 2 N–H and O–H groups in total. The van der Waals surface area contributed by atoms with Gasteiger partial charge in [-0.3, -0.25) is 4.90 Å². The highest BCUT2D eigenvalue weighted by atomic mass is 19.1. The molecule has 0 saturated carbocycles. The maximum Gasteiger partial charge on any atom is 0.223 e. The van der Waals surface area contributed by atoms with Crippen molar-refractivity contribution >= 4 is 5.95 Å². The van der Waals surface area contributed by atoms with Crippen LogP contribution in [-0.2, 0) is 13.0 Å². The van der Waals surface area contributed by atoms with Crippen LogP contribution in [0.3, 0.4) is 0 Å². The van der Waals surface area contributed by atoms with Crippen LogP contribution in [0.25, 0.3) is 11.3 Å². The molecule has 3 aromatic rings. The summed E-state index contributed by atoms with van der Waals surface area (Å²) in [6, 6.07) is 14.0. The van der Waals surface area contributed by atoms with E-state index in [1.807, 2.05) is 6.07 Å². The number of halogens is 2. The van der Waals surface area contributed by atoms with Crippen molar-refractivity contribution in [2.75, 3.05) is 38.0 Å². The number of hydrogen-bond acceptors (Lipinski definition) is 5. The lowest BCUT2D eigenvalue weighted by molar-refractivity contribution is 0.210. The molecule has 0 unspecified atom stereocenters. The van der Waals surface area contributed by atoms with E-state index in [1.165, 1.54) is 30.5 Å². The molecule has 180 valence electrons. The molecule has 1 fully saturated rings. The van der Waals surface area contributed by atoms with Gasteiger partial charge < -0.3 is 10.6 Å². The zero-order valence-electron chi connectivity index (χ0n) is 19.7. The number of benzene rings is 2. The highest BCUT2D eigenvalue weighted by Crippen LogP contribution is 2.21. The Kier molecular flexibility index (Phi) is 8.55. The Balaban J connectivity index is 1.37. The number of hydrogen-bond donors (Lipinski definition) is 2. The van der Waals surface area contributed by atoms with E-state index in [0.29, 0.717) is 24.5 Å². The van der Waals surface area contributed by atoms with E-state index in [-0.39, 0.29) is 0 Å². The normalized spacial score (nSPS) is 16.1. The van der Waals surface area contributed by atoms with Crippen LogP contribution >= 0.6 is 0 Å². The van der Waals surface area contributed by atoms with Crippen molar-refractivity contribution in [2.24, 2.45) is 5.92 Å². The average Bonchev–Trinajstić information content (AvgIpc) is 2.84. The van der Waals surface area contributed by atoms with Crippen LogP contribution in [0.4, 0.5) is 14.7 Å². The van der Waals surface area contributed by atoms with Gasteiger partial charge in [-0.2, -0.15) is 0 Å². The van der Waals surface area contributed by atoms with Crippen LogP contribution in [0.1, 0.15) is 30.9 Å². The monoisotopic (exact) mass is 465 g/mol. The van der Waals surface area contributed by atoms with Gasteiger partial charge in [-0.25, -0.2) is 18.7 Å². The average molecular weight is 466 g/mol. The second-order valence-corrected chi connectivity index (χ2v) is 8.96. The third-order valence-corrected chi connectivity index (χ3v) is 6.27. The number of rotatable bonds is 10. The Hall–Kier alpha value is -2.90. The molecule has 1 saturated heterocycles. The first kappa shape index (κ1) is 24.2. The minimum Gasteiger partial charge on any atom is -0.354 e. The summed E-state index contributed by atoms with van der Waals surface area (Å²) in [5, 5.41) is 6.67. The molecular formula is C27H33F2N5. The summed E-state index contributed by atoms with van der Waals surface area (Å²) in [6.45, 7) is 8.02. The molecule has 34 heavy (non-hydrogen) atoms. The SMILES string of the molecule is CCN(Cc1cccc(-c2ccnc(NCCc3cc(F)cc(F)c3)n2)c1)C[C@H]1CCCNC1. The fourth-order valence-electron chi connectivity index (χ4n) is 4.52. The molecule has 1 aliphatic heterocycles. The first-order valence-corrected chi connectivity index (χ1v) is 12.1. The number of nitrogens with one attached hydrogen (secondary N) is 2. The second-order valence-electron chi connectivity index (χ2n) is 8.96. The molecule has 1 aromatic heterocycles. The van der Waals surface area contributed by atoms with Gasteiger partial charge in [0.1, 0.15) is 11.6 Å². The van der Waals surface area contributed by atoms with Crippen LogP contribution in [0.2, 0.25) is 0 Å². The quantitative estimate of drug-likeness (QED) is 0.446. The number of anilines is 1. The summed E-state index contributed by atoms with van der Waals surface area (Å²) >= 11 is 0. The zero-order valence-corrected chi connectivity index (χ0v) is 19.7. The van der Waals surface area contributed by atoms with Crippen molar-refractivity contribution < 1.29 is 8.78 Å². The van der Waals surface area contributed by atoms with E-state index in [0.717, 1.165) is 56.0 Å². The van der Waals surface area contributed by atoms with Crippen molar-refractivity contribution in [3.05, 3.63) is 77.5 Å². The molecule has 0 amide bonds. The lowest BCUT2D eigenvalue weighted by Gasteiger charge is -2.29. The molecule has 1 atom stereocenters. The van der Waals surface area contributed by atoms with E-state index in [1.54, 1.807) is 6.20 Å². The third-order valence-electron chi connectivity index (χ3n) is 6.27. The van der Waals surface area contributed by atoms with Crippen LogP contribution in [0, 0.1) is 17.6 Å². The Morgan fingerprint density at radius 1 is 1.09 bits per heavy atom. The lowest BCUT2D eigenvalue weighted by Crippen LogP contribution is -2.38. The van der Waals surface area contributed by atoms with Crippen molar-refractivity contribution in [3.63, 3.8) is 0 Å². The van der Waals surface area contributed by atoms with E-state index in [2.05, 4.69) is 56.7 Å². The second kappa shape index (κ2) is 12.0. The predicted molar refractivity (Wildman–Crippen MR) is 133 cm³/mol. The van der Waals surface area contributed by atoms with Crippen LogP contribution < -0.4 is 10.6 Å². The molecule has 1 aliphatic rings. The molecule has 4 rings (SSSR count). The third kappa shape index (κ3) is 7.05. The molecule has 5 nitrogen and oxygen atoms in total. The Morgan fingerprint density at radius 2 is 1.94 bits per heavy atom. The molecule has 2 heterocycles. The number of piperidine rings is 1. The maximum atomic E-state index is 13.4. The first-order chi connectivity index (χ1) is 16.6. The van der Waals surface area contributed by atoms with Gasteiger partial charge in [0.25, 0.3) is 0 Å². The lowest BCUT2D eigenvalue weighted by atomic mass is 9.98. The van der Waals surface area contributed by atoms with Crippen LogP contribution in [0.15, 0.2) is 54.7 Å². The predicted octanol–water partition coefficient (Wildman–Crippen LogP) is 4.90. The van der Waals surface area contributed by atoms with E-state index in [9.17, 15) is 8.78 Å². The molecule has 2 aromatic carbocycles. The van der Waals surface area contributed by atoms with Gasteiger partial charge in [-0.1, -0.05) is 25.1 Å². The first-order valence-electron chi connectivity index (χ1n) is 12.1. The maximum absolute atomic E-state index is 13.4. The van der Waals surface area contributed by atoms with E-state index < -0.39 is 11.6 Å². The molecule has 0 bridgehead atoms. The Morgan fingerprint density at radius 3 is 2.71 bits per heavy atom. The summed E-state index contributed by atoms with van der Waals surface area (Å²) < 4.78 is 26.8. The smallest absolute Gasteiger partial charge is 0.223 e. The topological polar surface area (TPSA) is 53.1 Å². The Labute approximate surface area is 200 Å². The van der Waals surface area contributed by atoms with Gasteiger partial charge >= 0.3 is 0 Å². The Bertz CT molecular complexity index is 1050. The summed E-state index contributed by atoms with van der Waals surface area (Å²) in [5.41, 5.74) is 3.75. The van der Waals surface area contributed by atoms with Crippen LogP contribution in [-0.4, -0.2) is 47.6 Å². The van der Waals surface area contributed by atoms with Gasteiger partial charge in [-0.05, 0) is 80.2 Å². The highest BCUT2D eigenvalue weighted by Gasteiger charge is 2.16. The summed E-state index contributed by atoms with van der Waals surface area (Å²) in [7, 11) is 0. The van der Waals surface area contributed by atoms with Crippen molar-refractivity contribution in [1.82, 2.24) is 20.2 Å². The van der Waals surface area contributed by atoms with E-state index in [4.69, 9.17) is 0 Å². The minimum atomic E-state index is -0.565. The van der Waals surface area contributed by atoms with Gasteiger partial charge in [0.2, 0.25) is 5.95 Å². The van der Waals surface area contributed by atoms with Gasteiger partial charge in [0.05, 0.1) is 5.69 Å². The molecule has 0 radical (unpaired) electrons. The van der Waals surface area contributed by atoms with Gasteiger partial charge in [0.15, 0.2) is 0 Å². The number of aromatic nitrogens is 2. The summed E-state index contributed by atoms with van der Waals surface area (Å²) in [4.78, 5) is 11.5. The van der Waals surface area contributed by atoms with Gasteiger partial charge in [0, 0.05) is 37.5 Å². The zero-order chi connectivity index (χ0) is 23.8. The number of nitrogens with zero attached hydrogens (tertiary/aromatic N) is 3. The fraction of sp³-hybridized carbons (Fsp3) is 0.407.